The third-order valence-electron chi connectivity index (χ3n) is 3.44. The SMILES string of the molecule is CC(Cc1cccs1)N(C)c1ccc([N+](=O)[O-])c(C#N)c1. The molecule has 0 aliphatic rings. The molecule has 1 atom stereocenters. The van der Waals surface area contributed by atoms with Crippen molar-refractivity contribution >= 4 is 22.7 Å². The Balaban J connectivity index is 2.21. The van der Waals surface area contributed by atoms with E-state index in [4.69, 9.17) is 5.26 Å². The lowest BCUT2D eigenvalue weighted by Crippen LogP contribution is -2.30. The van der Waals surface area contributed by atoms with Crippen molar-refractivity contribution in [2.45, 2.75) is 19.4 Å². The molecule has 1 aromatic heterocycles. The van der Waals surface area contributed by atoms with Crippen molar-refractivity contribution in [3.05, 3.63) is 56.3 Å². The molecule has 2 rings (SSSR count). The molecule has 1 unspecified atom stereocenters. The summed E-state index contributed by atoms with van der Waals surface area (Å²) in [7, 11) is 1.93. The fraction of sp³-hybridized carbons (Fsp3) is 0.267. The minimum absolute atomic E-state index is 0.0904. The van der Waals surface area contributed by atoms with Crippen LogP contribution in [-0.2, 0) is 6.42 Å². The third-order valence-corrected chi connectivity index (χ3v) is 4.34. The minimum Gasteiger partial charge on any atom is -0.371 e. The Bertz CT molecular complexity index is 677. The Morgan fingerprint density at radius 1 is 1.48 bits per heavy atom. The smallest absolute Gasteiger partial charge is 0.287 e. The molecular weight excluding hydrogens is 286 g/mol. The predicted octanol–water partition coefficient (Wildman–Crippen LogP) is 3.60. The molecule has 0 radical (unpaired) electrons. The average molecular weight is 301 g/mol. The highest BCUT2D eigenvalue weighted by molar-refractivity contribution is 7.09. The minimum atomic E-state index is -0.530. The Labute approximate surface area is 127 Å². The maximum Gasteiger partial charge on any atom is 0.287 e. The van der Waals surface area contributed by atoms with E-state index >= 15 is 0 Å². The summed E-state index contributed by atoms with van der Waals surface area (Å²) in [6.07, 6.45) is 0.896. The summed E-state index contributed by atoms with van der Waals surface area (Å²) in [6.45, 7) is 2.09. The summed E-state index contributed by atoms with van der Waals surface area (Å²) in [5.41, 5.74) is 0.745. The molecule has 0 bridgehead atoms. The first-order valence-electron chi connectivity index (χ1n) is 6.46. The molecule has 0 aliphatic carbocycles. The second-order valence-electron chi connectivity index (χ2n) is 4.81. The number of nitro benzene ring substituents is 1. The van der Waals surface area contributed by atoms with Gasteiger partial charge in [0.15, 0.2) is 0 Å². The Morgan fingerprint density at radius 3 is 2.81 bits per heavy atom. The van der Waals surface area contributed by atoms with Crippen LogP contribution in [0.25, 0.3) is 0 Å². The molecule has 0 fully saturated rings. The van der Waals surface area contributed by atoms with Crippen LogP contribution in [0.5, 0.6) is 0 Å². The van der Waals surface area contributed by atoms with Gasteiger partial charge in [-0.3, -0.25) is 10.1 Å². The van der Waals surface area contributed by atoms with Crippen molar-refractivity contribution in [3.63, 3.8) is 0 Å². The van der Waals surface area contributed by atoms with Crippen LogP contribution in [0, 0.1) is 21.4 Å². The molecule has 5 nitrogen and oxygen atoms in total. The molecule has 0 N–H and O–H groups in total. The van der Waals surface area contributed by atoms with Gasteiger partial charge in [0.1, 0.15) is 11.6 Å². The number of thiophene rings is 1. The largest absolute Gasteiger partial charge is 0.371 e. The summed E-state index contributed by atoms with van der Waals surface area (Å²) < 4.78 is 0. The van der Waals surface area contributed by atoms with Crippen LogP contribution in [-0.4, -0.2) is 18.0 Å². The Morgan fingerprint density at radius 2 is 2.24 bits per heavy atom. The van der Waals surface area contributed by atoms with Crippen LogP contribution in [0.15, 0.2) is 35.7 Å². The lowest BCUT2D eigenvalue weighted by Gasteiger charge is -2.26. The van der Waals surface area contributed by atoms with E-state index in [1.54, 1.807) is 23.5 Å². The average Bonchev–Trinajstić information content (AvgIpc) is 2.98. The van der Waals surface area contributed by atoms with Gasteiger partial charge < -0.3 is 4.90 Å². The van der Waals surface area contributed by atoms with Crippen LogP contribution in [0.1, 0.15) is 17.4 Å². The molecule has 1 heterocycles. The number of benzene rings is 1. The molecule has 0 amide bonds. The summed E-state index contributed by atoms with van der Waals surface area (Å²) in [5, 5.41) is 21.9. The molecular formula is C15H15N3O2S. The van der Waals surface area contributed by atoms with Gasteiger partial charge in [-0.25, -0.2) is 0 Å². The van der Waals surface area contributed by atoms with Crippen molar-refractivity contribution in [1.82, 2.24) is 0 Å². The fourth-order valence-electron chi connectivity index (χ4n) is 2.10. The first kappa shape index (κ1) is 15.0. The number of hydrogen-bond acceptors (Lipinski definition) is 5. The van der Waals surface area contributed by atoms with Gasteiger partial charge in [0.05, 0.1) is 4.92 Å². The van der Waals surface area contributed by atoms with E-state index < -0.39 is 4.92 Å². The summed E-state index contributed by atoms with van der Waals surface area (Å²) >= 11 is 1.71. The van der Waals surface area contributed by atoms with E-state index in [0.717, 1.165) is 12.1 Å². The van der Waals surface area contributed by atoms with Crippen molar-refractivity contribution in [3.8, 4) is 6.07 Å². The number of anilines is 1. The maximum atomic E-state index is 10.8. The normalized spacial score (nSPS) is 11.7. The first-order valence-corrected chi connectivity index (χ1v) is 7.34. The standard InChI is InChI=1S/C15H15N3O2S/c1-11(8-14-4-3-7-21-14)17(2)13-5-6-15(18(19)20)12(9-13)10-16/h3-7,9,11H,8H2,1-2H3. The van der Waals surface area contributed by atoms with Crippen molar-refractivity contribution in [2.75, 3.05) is 11.9 Å². The van der Waals surface area contributed by atoms with Crippen LogP contribution in [0.2, 0.25) is 0 Å². The highest BCUT2D eigenvalue weighted by Crippen LogP contribution is 2.26. The molecule has 0 saturated carbocycles. The zero-order valence-electron chi connectivity index (χ0n) is 11.8. The number of nitro groups is 1. The molecule has 0 aliphatic heterocycles. The molecule has 0 spiro atoms. The van der Waals surface area contributed by atoms with Gasteiger partial charge in [-0.2, -0.15) is 5.26 Å². The second-order valence-corrected chi connectivity index (χ2v) is 5.85. The molecule has 1 aromatic carbocycles. The molecule has 21 heavy (non-hydrogen) atoms. The van der Waals surface area contributed by atoms with Gasteiger partial charge in [0.25, 0.3) is 5.69 Å². The zero-order chi connectivity index (χ0) is 15.4. The van der Waals surface area contributed by atoms with E-state index in [1.807, 2.05) is 29.5 Å². The number of rotatable bonds is 5. The first-order chi connectivity index (χ1) is 10.0. The second kappa shape index (κ2) is 6.37. The fourth-order valence-corrected chi connectivity index (χ4v) is 2.93. The van der Waals surface area contributed by atoms with E-state index in [9.17, 15) is 10.1 Å². The van der Waals surface area contributed by atoms with Crippen molar-refractivity contribution in [2.24, 2.45) is 0 Å². The van der Waals surface area contributed by atoms with Crippen LogP contribution >= 0.6 is 11.3 Å². The van der Waals surface area contributed by atoms with E-state index in [-0.39, 0.29) is 17.3 Å². The van der Waals surface area contributed by atoms with Gasteiger partial charge >= 0.3 is 0 Å². The molecule has 0 saturated heterocycles. The highest BCUT2D eigenvalue weighted by Gasteiger charge is 2.17. The van der Waals surface area contributed by atoms with Crippen LogP contribution in [0.3, 0.4) is 0 Å². The predicted molar refractivity (Wildman–Crippen MR) is 83.7 cm³/mol. The summed E-state index contributed by atoms with van der Waals surface area (Å²) in [5.74, 6) is 0. The third kappa shape index (κ3) is 3.38. The Kier molecular flexibility index (Phi) is 4.55. The lowest BCUT2D eigenvalue weighted by molar-refractivity contribution is -0.385. The van der Waals surface area contributed by atoms with E-state index in [2.05, 4.69) is 13.0 Å². The van der Waals surface area contributed by atoms with Crippen LogP contribution < -0.4 is 4.90 Å². The number of nitrogens with zero attached hydrogens (tertiary/aromatic N) is 3. The topological polar surface area (TPSA) is 70.2 Å². The van der Waals surface area contributed by atoms with Gasteiger partial charge in [0, 0.05) is 36.1 Å². The van der Waals surface area contributed by atoms with Crippen LogP contribution in [0.4, 0.5) is 11.4 Å². The number of hydrogen-bond donors (Lipinski definition) is 0. The van der Waals surface area contributed by atoms with Gasteiger partial charge in [-0.15, -0.1) is 11.3 Å². The van der Waals surface area contributed by atoms with E-state index in [1.165, 1.54) is 10.9 Å². The lowest BCUT2D eigenvalue weighted by atomic mass is 10.1. The van der Waals surface area contributed by atoms with Gasteiger partial charge in [-0.1, -0.05) is 6.07 Å². The zero-order valence-corrected chi connectivity index (χ0v) is 12.6. The number of nitriles is 1. The molecule has 2 aromatic rings. The quantitative estimate of drug-likeness (QED) is 0.625. The van der Waals surface area contributed by atoms with Gasteiger partial charge in [0.2, 0.25) is 0 Å². The van der Waals surface area contributed by atoms with E-state index in [0.29, 0.717) is 0 Å². The monoisotopic (exact) mass is 301 g/mol. The molecule has 108 valence electrons. The molecule has 6 heteroatoms. The maximum absolute atomic E-state index is 10.8. The highest BCUT2D eigenvalue weighted by atomic mass is 32.1. The van der Waals surface area contributed by atoms with Crippen molar-refractivity contribution < 1.29 is 4.92 Å². The summed E-state index contributed by atoms with van der Waals surface area (Å²) in [4.78, 5) is 13.6. The van der Waals surface area contributed by atoms with Crippen molar-refractivity contribution in [1.29, 1.82) is 5.26 Å². The summed E-state index contributed by atoms with van der Waals surface area (Å²) in [6, 6.07) is 10.9. The Hall–Kier alpha value is -2.39. The van der Waals surface area contributed by atoms with Gasteiger partial charge in [-0.05, 0) is 30.5 Å². The number of likely N-dealkylation sites (N-methyl/N-ethyl adjacent to an activating group) is 1.